The molecule has 1 N–H and O–H groups in total. The standard InChI is InChI=1S/C20H18O2/c1-14-19(16-11-7-4-8-12-16)17(13-18(22-2)20(14)21)15-9-5-3-6-10-15/h3-13,21H,1-2H3. The summed E-state index contributed by atoms with van der Waals surface area (Å²) in [7, 11) is 1.57. The van der Waals surface area contributed by atoms with Gasteiger partial charge in [0, 0.05) is 5.56 Å². The minimum absolute atomic E-state index is 0.195. The molecule has 0 saturated carbocycles. The molecule has 0 unspecified atom stereocenters. The summed E-state index contributed by atoms with van der Waals surface area (Å²) in [6, 6.07) is 22.2. The van der Waals surface area contributed by atoms with Crippen LogP contribution in [0.15, 0.2) is 66.7 Å². The molecule has 22 heavy (non-hydrogen) atoms. The van der Waals surface area contributed by atoms with Crippen molar-refractivity contribution in [1.29, 1.82) is 0 Å². The molecule has 0 fully saturated rings. The van der Waals surface area contributed by atoms with Crippen LogP contribution in [0, 0.1) is 6.92 Å². The Bertz CT molecular complexity index is 778. The van der Waals surface area contributed by atoms with Gasteiger partial charge < -0.3 is 9.84 Å². The molecule has 0 amide bonds. The van der Waals surface area contributed by atoms with Crippen molar-refractivity contribution in [3.8, 4) is 33.8 Å². The van der Waals surface area contributed by atoms with E-state index in [2.05, 4.69) is 24.3 Å². The number of ether oxygens (including phenoxy) is 1. The SMILES string of the molecule is COc1cc(-c2ccccc2)c(-c2ccccc2)c(C)c1O. The van der Waals surface area contributed by atoms with Crippen molar-refractivity contribution < 1.29 is 9.84 Å². The Kier molecular flexibility index (Phi) is 3.84. The largest absolute Gasteiger partial charge is 0.504 e. The van der Waals surface area contributed by atoms with E-state index >= 15 is 0 Å². The number of aromatic hydroxyl groups is 1. The van der Waals surface area contributed by atoms with E-state index in [0.29, 0.717) is 5.75 Å². The highest BCUT2D eigenvalue weighted by Gasteiger charge is 2.17. The minimum Gasteiger partial charge on any atom is -0.504 e. The zero-order valence-electron chi connectivity index (χ0n) is 12.7. The van der Waals surface area contributed by atoms with Crippen molar-refractivity contribution in [2.45, 2.75) is 6.92 Å². The third-order valence-corrected chi connectivity index (χ3v) is 3.88. The van der Waals surface area contributed by atoms with Crippen molar-refractivity contribution in [2.24, 2.45) is 0 Å². The fraction of sp³-hybridized carbons (Fsp3) is 0.100. The molecule has 110 valence electrons. The molecule has 3 aromatic rings. The Morgan fingerprint density at radius 1 is 0.818 bits per heavy atom. The molecule has 0 aliphatic rings. The first-order valence-electron chi connectivity index (χ1n) is 7.23. The van der Waals surface area contributed by atoms with Crippen LogP contribution >= 0.6 is 0 Å². The Balaban J connectivity index is 2.34. The molecule has 0 aliphatic heterocycles. The molecule has 0 saturated heterocycles. The summed E-state index contributed by atoms with van der Waals surface area (Å²) in [6.07, 6.45) is 0. The van der Waals surface area contributed by atoms with Gasteiger partial charge in [-0.25, -0.2) is 0 Å². The highest BCUT2D eigenvalue weighted by Crippen LogP contribution is 2.43. The van der Waals surface area contributed by atoms with Crippen LogP contribution in [-0.2, 0) is 0 Å². The Morgan fingerprint density at radius 2 is 1.36 bits per heavy atom. The highest BCUT2D eigenvalue weighted by molar-refractivity contribution is 5.88. The first-order valence-corrected chi connectivity index (χ1v) is 7.23. The molecular weight excluding hydrogens is 272 g/mol. The Hall–Kier alpha value is -2.74. The van der Waals surface area contributed by atoms with E-state index in [1.54, 1.807) is 7.11 Å². The quantitative estimate of drug-likeness (QED) is 0.732. The third kappa shape index (κ3) is 2.44. The lowest BCUT2D eigenvalue weighted by Crippen LogP contribution is -1.94. The van der Waals surface area contributed by atoms with Crippen LogP contribution in [0.5, 0.6) is 11.5 Å². The van der Waals surface area contributed by atoms with Crippen LogP contribution in [-0.4, -0.2) is 12.2 Å². The second-order valence-electron chi connectivity index (χ2n) is 5.21. The predicted molar refractivity (Wildman–Crippen MR) is 90.3 cm³/mol. The van der Waals surface area contributed by atoms with Gasteiger partial charge in [0.15, 0.2) is 11.5 Å². The molecule has 0 atom stereocenters. The van der Waals surface area contributed by atoms with Gasteiger partial charge in [0.1, 0.15) is 0 Å². The fourth-order valence-electron chi connectivity index (χ4n) is 2.75. The molecule has 0 heterocycles. The van der Waals surface area contributed by atoms with Crippen LogP contribution < -0.4 is 4.74 Å². The summed E-state index contributed by atoms with van der Waals surface area (Å²) in [5.74, 6) is 0.692. The van der Waals surface area contributed by atoms with E-state index in [9.17, 15) is 5.11 Å². The lowest BCUT2D eigenvalue weighted by atomic mass is 9.90. The van der Waals surface area contributed by atoms with Crippen LogP contribution in [0.3, 0.4) is 0 Å². The van der Waals surface area contributed by atoms with Gasteiger partial charge in [-0.05, 0) is 35.2 Å². The fourth-order valence-corrected chi connectivity index (χ4v) is 2.75. The molecule has 0 radical (unpaired) electrons. The van der Waals surface area contributed by atoms with E-state index < -0.39 is 0 Å². The minimum atomic E-state index is 0.195. The molecule has 0 aliphatic carbocycles. The van der Waals surface area contributed by atoms with Crippen molar-refractivity contribution >= 4 is 0 Å². The molecular formula is C20H18O2. The number of phenols is 1. The summed E-state index contributed by atoms with van der Waals surface area (Å²) in [5.41, 5.74) is 5.09. The van der Waals surface area contributed by atoms with Gasteiger partial charge in [0.2, 0.25) is 0 Å². The average molecular weight is 290 g/mol. The number of hydrogen-bond acceptors (Lipinski definition) is 2. The summed E-state index contributed by atoms with van der Waals surface area (Å²) >= 11 is 0. The van der Waals surface area contributed by atoms with Crippen LogP contribution in [0.1, 0.15) is 5.56 Å². The van der Waals surface area contributed by atoms with Crippen molar-refractivity contribution in [1.82, 2.24) is 0 Å². The van der Waals surface area contributed by atoms with E-state index in [4.69, 9.17) is 4.74 Å². The predicted octanol–water partition coefficient (Wildman–Crippen LogP) is 5.04. The Morgan fingerprint density at radius 3 is 1.91 bits per heavy atom. The van der Waals surface area contributed by atoms with Gasteiger partial charge in [0.05, 0.1) is 7.11 Å². The van der Waals surface area contributed by atoms with Gasteiger partial charge in [0.25, 0.3) is 0 Å². The highest BCUT2D eigenvalue weighted by atomic mass is 16.5. The number of hydrogen-bond donors (Lipinski definition) is 1. The first kappa shape index (κ1) is 14.2. The van der Waals surface area contributed by atoms with Crippen LogP contribution in [0.2, 0.25) is 0 Å². The zero-order valence-corrected chi connectivity index (χ0v) is 12.7. The summed E-state index contributed by atoms with van der Waals surface area (Å²) in [4.78, 5) is 0. The number of benzene rings is 3. The van der Waals surface area contributed by atoms with Gasteiger partial charge in [-0.2, -0.15) is 0 Å². The molecule has 2 heteroatoms. The molecule has 0 aromatic heterocycles. The second-order valence-corrected chi connectivity index (χ2v) is 5.21. The molecule has 3 rings (SSSR count). The van der Waals surface area contributed by atoms with Gasteiger partial charge in [-0.15, -0.1) is 0 Å². The maximum absolute atomic E-state index is 10.4. The summed E-state index contributed by atoms with van der Waals surface area (Å²) in [6.45, 7) is 1.92. The smallest absolute Gasteiger partial charge is 0.161 e. The average Bonchev–Trinajstić information content (AvgIpc) is 2.58. The second kappa shape index (κ2) is 5.94. The van der Waals surface area contributed by atoms with E-state index in [1.165, 1.54) is 0 Å². The lowest BCUT2D eigenvalue weighted by molar-refractivity contribution is 0.372. The maximum atomic E-state index is 10.4. The van der Waals surface area contributed by atoms with Gasteiger partial charge in [-0.3, -0.25) is 0 Å². The zero-order chi connectivity index (χ0) is 15.5. The van der Waals surface area contributed by atoms with Gasteiger partial charge >= 0.3 is 0 Å². The van der Waals surface area contributed by atoms with Crippen LogP contribution in [0.25, 0.3) is 22.3 Å². The lowest BCUT2D eigenvalue weighted by Gasteiger charge is -2.17. The monoisotopic (exact) mass is 290 g/mol. The third-order valence-electron chi connectivity index (χ3n) is 3.88. The first-order chi connectivity index (χ1) is 10.7. The van der Waals surface area contributed by atoms with Crippen LogP contribution in [0.4, 0.5) is 0 Å². The molecule has 0 bridgehead atoms. The van der Waals surface area contributed by atoms with E-state index in [1.807, 2.05) is 49.4 Å². The summed E-state index contributed by atoms with van der Waals surface area (Å²) in [5, 5.41) is 10.4. The van der Waals surface area contributed by atoms with E-state index in [-0.39, 0.29) is 5.75 Å². The summed E-state index contributed by atoms with van der Waals surface area (Å²) < 4.78 is 5.33. The van der Waals surface area contributed by atoms with Crippen molar-refractivity contribution in [2.75, 3.05) is 7.11 Å². The topological polar surface area (TPSA) is 29.5 Å². The maximum Gasteiger partial charge on any atom is 0.161 e. The molecule has 0 spiro atoms. The van der Waals surface area contributed by atoms with Gasteiger partial charge in [-0.1, -0.05) is 60.7 Å². The normalized spacial score (nSPS) is 10.5. The molecule has 3 aromatic carbocycles. The number of methoxy groups -OCH3 is 1. The number of phenolic OH excluding ortho intramolecular Hbond substituents is 1. The van der Waals surface area contributed by atoms with Crippen molar-refractivity contribution in [3.63, 3.8) is 0 Å². The Labute approximate surface area is 130 Å². The van der Waals surface area contributed by atoms with E-state index in [0.717, 1.165) is 27.8 Å². The molecule has 2 nitrogen and oxygen atoms in total. The van der Waals surface area contributed by atoms with Crippen molar-refractivity contribution in [3.05, 3.63) is 72.3 Å². The number of rotatable bonds is 3.